The summed E-state index contributed by atoms with van der Waals surface area (Å²) >= 11 is 0. The average molecular weight is 398 g/mol. The van der Waals surface area contributed by atoms with E-state index in [9.17, 15) is 13.2 Å². The third kappa shape index (κ3) is 13.9. The minimum absolute atomic E-state index is 0. The maximum atomic E-state index is 12.1. The molecule has 0 aliphatic carbocycles. The summed E-state index contributed by atoms with van der Waals surface area (Å²) in [5, 5.41) is 5.88. The zero-order valence-corrected chi connectivity index (χ0v) is 13.7. The quantitative estimate of drug-likeness (QED) is 0.290. The molecule has 0 spiro atoms. The van der Waals surface area contributed by atoms with Gasteiger partial charge in [-0.2, -0.15) is 13.2 Å². The first-order valence-electron chi connectivity index (χ1n) is 5.58. The summed E-state index contributed by atoms with van der Waals surface area (Å²) in [7, 11) is 4.61. The van der Waals surface area contributed by atoms with E-state index >= 15 is 0 Å². The number of aliphatic imine (C=N–C) groups is 1. The Morgan fingerprint density at radius 2 is 1.84 bits per heavy atom. The van der Waals surface area contributed by atoms with E-state index in [0.29, 0.717) is 25.7 Å². The molecule has 116 valence electrons. The molecule has 0 aromatic carbocycles. The zero-order valence-electron chi connectivity index (χ0n) is 11.4. The van der Waals surface area contributed by atoms with Crippen molar-refractivity contribution in [2.45, 2.75) is 6.18 Å². The number of nitrogens with zero attached hydrogens (tertiary/aromatic N) is 2. The van der Waals surface area contributed by atoms with Gasteiger partial charge in [0, 0.05) is 33.8 Å². The van der Waals surface area contributed by atoms with Gasteiger partial charge in [0.05, 0.1) is 13.2 Å². The highest BCUT2D eigenvalue weighted by Gasteiger charge is 2.28. The molecular weight excluding hydrogens is 376 g/mol. The van der Waals surface area contributed by atoms with Crippen molar-refractivity contribution in [3.8, 4) is 0 Å². The number of ether oxygens (including phenoxy) is 1. The predicted molar refractivity (Wildman–Crippen MR) is 80.2 cm³/mol. The lowest BCUT2D eigenvalue weighted by Crippen LogP contribution is -2.43. The summed E-state index contributed by atoms with van der Waals surface area (Å²) in [5.74, 6) is 0.549. The van der Waals surface area contributed by atoms with Crippen LogP contribution in [-0.4, -0.2) is 71.0 Å². The van der Waals surface area contributed by atoms with Crippen LogP contribution < -0.4 is 10.6 Å². The van der Waals surface area contributed by atoms with Gasteiger partial charge in [-0.3, -0.25) is 9.89 Å². The van der Waals surface area contributed by atoms with Crippen molar-refractivity contribution >= 4 is 29.9 Å². The Morgan fingerprint density at radius 3 is 2.32 bits per heavy atom. The van der Waals surface area contributed by atoms with E-state index in [2.05, 4.69) is 15.6 Å². The van der Waals surface area contributed by atoms with Crippen molar-refractivity contribution in [1.29, 1.82) is 0 Å². The Labute approximate surface area is 129 Å². The number of hydrogen-bond acceptors (Lipinski definition) is 3. The molecule has 0 atom stereocenters. The standard InChI is InChI=1S/C10H21F3N4O.HI/c1-14-9(16-5-7-18-3)15-4-6-17(2)8-10(11,12)13;/h4-8H2,1-3H3,(H2,14,15,16);1H. The Bertz CT molecular complexity index is 251. The number of hydrogen-bond donors (Lipinski definition) is 2. The Hall–Kier alpha value is -0.290. The lowest BCUT2D eigenvalue weighted by Gasteiger charge is -2.19. The highest BCUT2D eigenvalue weighted by atomic mass is 127. The van der Waals surface area contributed by atoms with Crippen molar-refractivity contribution in [2.75, 3.05) is 54.0 Å². The van der Waals surface area contributed by atoms with Crippen LogP contribution in [0.15, 0.2) is 4.99 Å². The topological polar surface area (TPSA) is 48.9 Å². The molecule has 0 bridgehead atoms. The van der Waals surface area contributed by atoms with E-state index in [1.807, 2.05) is 0 Å². The predicted octanol–water partition coefficient (Wildman–Crippen LogP) is 0.910. The second-order valence-electron chi connectivity index (χ2n) is 3.77. The van der Waals surface area contributed by atoms with Gasteiger partial charge in [-0.25, -0.2) is 0 Å². The first kappa shape index (κ1) is 21.0. The molecule has 0 unspecified atom stereocenters. The van der Waals surface area contributed by atoms with Gasteiger partial charge < -0.3 is 15.4 Å². The molecule has 0 heterocycles. The zero-order chi connectivity index (χ0) is 14.0. The van der Waals surface area contributed by atoms with Gasteiger partial charge >= 0.3 is 6.18 Å². The molecule has 5 nitrogen and oxygen atoms in total. The summed E-state index contributed by atoms with van der Waals surface area (Å²) in [4.78, 5) is 5.13. The van der Waals surface area contributed by atoms with Crippen LogP contribution in [0, 0.1) is 0 Å². The maximum absolute atomic E-state index is 12.1. The second kappa shape index (κ2) is 11.5. The SMILES string of the molecule is CN=C(NCCOC)NCCN(C)CC(F)(F)F.I. The van der Waals surface area contributed by atoms with Crippen LogP contribution in [0.3, 0.4) is 0 Å². The van der Waals surface area contributed by atoms with Crippen LogP contribution in [0.25, 0.3) is 0 Å². The number of guanidine groups is 1. The van der Waals surface area contributed by atoms with Gasteiger partial charge in [0.2, 0.25) is 0 Å². The smallest absolute Gasteiger partial charge is 0.383 e. The highest BCUT2D eigenvalue weighted by molar-refractivity contribution is 14.0. The molecule has 0 fully saturated rings. The van der Waals surface area contributed by atoms with Crippen molar-refractivity contribution in [2.24, 2.45) is 4.99 Å². The molecule has 9 heteroatoms. The van der Waals surface area contributed by atoms with E-state index in [1.54, 1.807) is 14.2 Å². The highest BCUT2D eigenvalue weighted by Crippen LogP contribution is 2.14. The van der Waals surface area contributed by atoms with Gasteiger partial charge in [0.1, 0.15) is 0 Å². The van der Waals surface area contributed by atoms with Gasteiger partial charge in [-0.15, -0.1) is 24.0 Å². The average Bonchev–Trinajstić information content (AvgIpc) is 2.24. The Morgan fingerprint density at radius 1 is 1.26 bits per heavy atom. The molecule has 0 saturated heterocycles. The molecule has 0 saturated carbocycles. The lowest BCUT2D eigenvalue weighted by molar-refractivity contribution is -0.142. The van der Waals surface area contributed by atoms with E-state index in [0.717, 1.165) is 0 Å². The molecule has 2 N–H and O–H groups in total. The second-order valence-corrected chi connectivity index (χ2v) is 3.77. The number of alkyl halides is 3. The van der Waals surface area contributed by atoms with Crippen LogP contribution in [-0.2, 0) is 4.74 Å². The normalized spacial score (nSPS) is 12.3. The molecule has 0 aromatic heterocycles. The Kier molecular flexibility index (Phi) is 12.8. The number of methoxy groups -OCH3 is 1. The van der Waals surface area contributed by atoms with E-state index < -0.39 is 12.7 Å². The Balaban J connectivity index is 0. The maximum Gasteiger partial charge on any atom is 0.401 e. The van der Waals surface area contributed by atoms with E-state index in [-0.39, 0.29) is 30.5 Å². The van der Waals surface area contributed by atoms with Crippen LogP contribution in [0.2, 0.25) is 0 Å². The van der Waals surface area contributed by atoms with Crippen molar-refractivity contribution < 1.29 is 17.9 Å². The van der Waals surface area contributed by atoms with Crippen LogP contribution in [0.4, 0.5) is 13.2 Å². The summed E-state index contributed by atoms with van der Waals surface area (Å²) < 4.78 is 41.0. The van der Waals surface area contributed by atoms with Gasteiger partial charge in [0.15, 0.2) is 5.96 Å². The molecule has 0 aliphatic heterocycles. The lowest BCUT2D eigenvalue weighted by atomic mass is 10.5. The minimum Gasteiger partial charge on any atom is -0.383 e. The van der Waals surface area contributed by atoms with Crippen LogP contribution >= 0.6 is 24.0 Å². The van der Waals surface area contributed by atoms with Crippen molar-refractivity contribution in [3.63, 3.8) is 0 Å². The molecule has 0 rings (SSSR count). The molecular formula is C10H22F3IN4O. The molecule has 0 aliphatic rings. The molecule has 0 aromatic rings. The summed E-state index contributed by atoms with van der Waals surface area (Å²) in [5.41, 5.74) is 0. The number of rotatable bonds is 7. The fraction of sp³-hybridized carbons (Fsp3) is 0.900. The van der Waals surface area contributed by atoms with Gasteiger partial charge in [-0.1, -0.05) is 0 Å². The van der Waals surface area contributed by atoms with Gasteiger partial charge in [-0.05, 0) is 7.05 Å². The first-order valence-corrected chi connectivity index (χ1v) is 5.58. The number of likely N-dealkylation sites (N-methyl/N-ethyl adjacent to an activating group) is 1. The van der Waals surface area contributed by atoms with Crippen molar-refractivity contribution in [1.82, 2.24) is 15.5 Å². The fourth-order valence-electron chi connectivity index (χ4n) is 1.24. The minimum atomic E-state index is -4.16. The molecule has 0 radical (unpaired) electrons. The number of halogens is 4. The largest absolute Gasteiger partial charge is 0.401 e. The van der Waals surface area contributed by atoms with E-state index in [1.165, 1.54) is 11.9 Å². The third-order valence-electron chi connectivity index (χ3n) is 2.06. The summed E-state index contributed by atoms with van der Waals surface area (Å²) in [6, 6.07) is 0. The third-order valence-corrected chi connectivity index (χ3v) is 2.06. The number of nitrogens with one attached hydrogen (secondary N) is 2. The monoisotopic (exact) mass is 398 g/mol. The summed E-state index contributed by atoms with van der Waals surface area (Å²) in [6.07, 6.45) is -4.16. The van der Waals surface area contributed by atoms with E-state index in [4.69, 9.17) is 4.74 Å². The fourth-order valence-corrected chi connectivity index (χ4v) is 1.24. The summed E-state index contributed by atoms with van der Waals surface area (Å²) in [6.45, 7) is 0.886. The van der Waals surface area contributed by atoms with Crippen LogP contribution in [0.5, 0.6) is 0 Å². The first-order chi connectivity index (χ1) is 8.39. The molecule has 0 amide bonds. The molecule has 19 heavy (non-hydrogen) atoms. The van der Waals surface area contributed by atoms with Gasteiger partial charge in [0.25, 0.3) is 0 Å². The van der Waals surface area contributed by atoms with Crippen molar-refractivity contribution in [3.05, 3.63) is 0 Å². The van der Waals surface area contributed by atoms with Crippen LogP contribution in [0.1, 0.15) is 0 Å².